The van der Waals surface area contributed by atoms with Gasteiger partial charge in [0, 0.05) is 12.0 Å². The van der Waals surface area contributed by atoms with E-state index in [-0.39, 0.29) is 19.1 Å². The molecular weight excluding hydrogens is 268 g/mol. The Morgan fingerprint density at radius 2 is 2.24 bits per heavy atom. The maximum atomic E-state index is 12.2. The maximum Gasteiger partial charge on any atom is 0.252 e. The number of benzene rings is 1. The molecule has 108 valence electrons. The number of rotatable bonds is 4. The molecule has 2 rings (SSSR count). The minimum atomic E-state index is -0.236. The lowest BCUT2D eigenvalue weighted by Crippen LogP contribution is -2.23. The first-order valence-corrected chi connectivity index (χ1v) is 6.59. The van der Waals surface area contributed by atoms with E-state index >= 15 is 0 Å². The van der Waals surface area contributed by atoms with Gasteiger partial charge in [-0.3, -0.25) is 4.79 Å². The van der Waals surface area contributed by atoms with Gasteiger partial charge in [0.05, 0.1) is 24.9 Å². The molecule has 1 amide bonds. The summed E-state index contributed by atoms with van der Waals surface area (Å²) in [6.45, 7) is 2.03. The molecule has 0 aliphatic carbocycles. The second-order valence-electron chi connectivity index (χ2n) is 4.37. The van der Waals surface area contributed by atoms with E-state index in [1.54, 1.807) is 31.3 Å². The number of aliphatic hydroxyl groups is 1. The van der Waals surface area contributed by atoms with Crippen molar-refractivity contribution in [2.24, 2.45) is 0 Å². The van der Waals surface area contributed by atoms with Crippen LogP contribution >= 0.6 is 0 Å². The Bertz CT molecular complexity index is 680. The second kappa shape index (κ2) is 7.27. The number of oxazole rings is 1. The lowest BCUT2D eigenvalue weighted by molar-refractivity contribution is 0.0947. The highest BCUT2D eigenvalue weighted by Crippen LogP contribution is 2.08. The Hall–Kier alpha value is -2.58. The molecule has 0 unspecified atom stereocenters. The molecule has 0 aliphatic heterocycles. The largest absolute Gasteiger partial charge is 0.444 e. The van der Waals surface area contributed by atoms with Crippen LogP contribution in [0.25, 0.3) is 0 Å². The molecule has 0 saturated heterocycles. The van der Waals surface area contributed by atoms with Crippen LogP contribution in [0.2, 0.25) is 0 Å². The van der Waals surface area contributed by atoms with Crippen molar-refractivity contribution in [1.82, 2.24) is 10.3 Å². The molecule has 21 heavy (non-hydrogen) atoms. The highest BCUT2D eigenvalue weighted by atomic mass is 16.4. The minimum Gasteiger partial charge on any atom is -0.444 e. The number of aromatic nitrogens is 1. The van der Waals surface area contributed by atoms with Crippen LogP contribution in [-0.2, 0) is 6.54 Å². The van der Waals surface area contributed by atoms with E-state index in [4.69, 9.17) is 9.52 Å². The summed E-state index contributed by atoms with van der Waals surface area (Å²) in [5, 5.41) is 11.5. The van der Waals surface area contributed by atoms with E-state index in [0.717, 1.165) is 0 Å². The van der Waals surface area contributed by atoms with E-state index in [0.29, 0.717) is 29.2 Å². The second-order valence-corrected chi connectivity index (χ2v) is 4.37. The zero-order valence-corrected chi connectivity index (χ0v) is 11.7. The minimum absolute atomic E-state index is 0.00484. The molecule has 0 atom stereocenters. The van der Waals surface area contributed by atoms with E-state index in [1.807, 2.05) is 6.07 Å². The first kappa shape index (κ1) is 14.8. The molecule has 5 nitrogen and oxygen atoms in total. The van der Waals surface area contributed by atoms with Crippen LogP contribution in [0.1, 0.15) is 34.0 Å². The molecule has 5 heteroatoms. The lowest BCUT2D eigenvalue weighted by Gasteiger charge is -2.05. The average Bonchev–Trinajstić information content (AvgIpc) is 2.91. The molecule has 0 bridgehead atoms. The number of hydrogen-bond donors (Lipinski definition) is 2. The number of hydrogen-bond acceptors (Lipinski definition) is 4. The van der Waals surface area contributed by atoms with Crippen LogP contribution in [0.5, 0.6) is 0 Å². The van der Waals surface area contributed by atoms with E-state index < -0.39 is 0 Å². The van der Waals surface area contributed by atoms with Gasteiger partial charge in [-0.25, -0.2) is 4.98 Å². The van der Waals surface area contributed by atoms with E-state index in [1.165, 1.54) is 0 Å². The Balaban J connectivity index is 2.07. The van der Waals surface area contributed by atoms with Crippen molar-refractivity contribution < 1.29 is 14.3 Å². The van der Waals surface area contributed by atoms with Crippen LogP contribution in [0.4, 0.5) is 0 Å². The van der Waals surface area contributed by atoms with Crippen molar-refractivity contribution in [1.29, 1.82) is 0 Å². The summed E-state index contributed by atoms with van der Waals surface area (Å²) in [6.07, 6.45) is 1.99. The van der Waals surface area contributed by atoms with Gasteiger partial charge in [0.1, 0.15) is 5.76 Å². The lowest BCUT2D eigenvalue weighted by atomic mass is 10.1. The summed E-state index contributed by atoms with van der Waals surface area (Å²) in [5.74, 6) is 6.63. The topological polar surface area (TPSA) is 75.4 Å². The smallest absolute Gasteiger partial charge is 0.252 e. The Labute approximate surface area is 123 Å². The van der Waals surface area contributed by atoms with Crippen molar-refractivity contribution in [2.75, 3.05) is 6.61 Å². The van der Waals surface area contributed by atoms with Crippen molar-refractivity contribution in [3.63, 3.8) is 0 Å². The van der Waals surface area contributed by atoms with Crippen molar-refractivity contribution in [2.45, 2.75) is 19.9 Å². The summed E-state index contributed by atoms with van der Waals surface area (Å²) in [5.41, 5.74) is 1.12. The highest BCUT2D eigenvalue weighted by molar-refractivity contribution is 5.96. The van der Waals surface area contributed by atoms with Gasteiger partial charge >= 0.3 is 0 Å². The third-order valence-electron chi connectivity index (χ3n) is 2.70. The van der Waals surface area contributed by atoms with Crippen molar-refractivity contribution in [3.8, 4) is 11.8 Å². The third kappa shape index (κ3) is 4.20. The first-order valence-electron chi connectivity index (χ1n) is 6.59. The predicted molar refractivity (Wildman–Crippen MR) is 77.4 cm³/mol. The Kier molecular flexibility index (Phi) is 5.13. The Morgan fingerprint density at radius 3 is 2.95 bits per heavy atom. The zero-order chi connectivity index (χ0) is 15.1. The van der Waals surface area contributed by atoms with Crippen LogP contribution in [0, 0.1) is 18.8 Å². The first-order chi connectivity index (χ1) is 10.2. The van der Waals surface area contributed by atoms with Gasteiger partial charge < -0.3 is 14.8 Å². The molecule has 0 radical (unpaired) electrons. The van der Waals surface area contributed by atoms with E-state index in [2.05, 4.69) is 22.1 Å². The maximum absolute atomic E-state index is 12.2. The van der Waals surface area contributed by atoms with Crippen LogP contribution in [0.3, 0.4) is 0 Å². The fraction of sp³-hybridized carbons (Fsp3) is 0.250. The number of amides is 1. The monoisotopic (exact) mass is 284 g/mol. The molecular formula is C16H16N2O3. The molecule has 0 saturated carbocycles. The van der Waals surface area contributed by atoms with Gasteiger partial charge in [-0.1, -0.05) is 24.0 Å². The molecule has 1 aromatic heterocycles. The normalized spacial score (nSPS) is 9.81. The molecule has 0 fully saturated rings. The van der Waals surface area contributed by atoms with Gasteiger partial charge in [0.15, 0.2) is 0 Å². The number of nitrogens with zero attached hydrogens (tertiary/aromatic N) is 1. The predicted octanol–water partition coefficient (Wildman–Crippen LogP) is 1.65. The highest BCUT2D eigenvalue weighted by Gasteiger charge is 2.10. The molecule has 2 N–H and O–H groups in total. The SMILES string of the molecule is Cc1cnc(CNC(=O)c2ccccc2C#CCCO)o1. The van der Waals surface area contributed by atoms with Gasteiger partial charge in [-0.2, -0.15) is 0 Å². The van der Waals surface area contributed by atoms with Gasteiger partial charge in [-0.05, 0) is 19.1 Å². The summed E-state index contributed by atoms with van der Waals surface area (Å²) in [6, 6.07) is 7.08. The number of carbonyl (C=O) groups excluding carboxylic acids is 1. The van der Waals surface area contributed by atoms with Crippen molar-refractivity contribution in [3.05, 3.63) is 53.2 Å². The van der Waals surface area contributed by atoms with Crippen LogP contribution in [-0.4, -0.2) is 22.6 Å². The van der Waals surface area contributed by atoms with E-state index in [9.17, 15) is 4.79 Å². The molecule has 0 aliphatic rings. The number of nitrogens with one attached hydrogen (secondary N) is 1. The van der Waals surface area contributed by atoms with Gasteiger partial charge in [0.25, 0.3) is 5.91 Å². The standard InChI is InChI=1S/C16H16N2O3/c1-12-10-17-15(21-12)11-18-16(20)14-8-3-2-6-13(14)7-4-5-9-19/h2-3,6,8,10,19H,5,9,11H2,1H3,(H,18,20). The molecule has 1 heterocycles. The van der Waals surface area contributed by atoms with Crippen LogP contribution in [0.15, 0.2) is 34.9 Å². The average molecular weight is 284 g/mol. The van der Waals surface area contributed by atoms with Crippen LogP contribution < -0.4 is 5.32 Å². The summed E-state index contributed by atoms with van der Waals surface area (Å²) >= 11 is 0. The third-order valence-corrected chi connectivity index (χ3v) is 2.70. The fourth-order valence-electron chi connectivity index (χ4n) is 1.74. The number of aliphatic hydroxyl groups excluding tert-OH is 1. The summed E-state index contributed by atoms with van der Waals surface area (Å²) < 4.78 is 5.30. The van der Waals surface area contributed by atoms with Gasteiger partial charge in [-0.15, -0.1) is 0 Å². The number of carbonyl (C=O) groups is 1. The summed E-state index contributed by atoms with van der Waals surface area (Å²) in [4.78, 5) is 16.2. The molecule has 0 spiro atoms. The quantitative estimate of drug-likeness (QED) is 0.837. The summed E-state index contributed by atoms with van der Waals surface area (Å²) in [7, 11) is 0. The zero-order valence-electron chi connectivity index (χ0n) is 11.7. The Morgan fingerprint density at radius 1 is 1.43 bits per heavy atom. The molecule has 1 aromatic carbocycles. The fourth-order valence-corrected chi connectivity index (χ4v) is 1.74. The van der Waals surface area contributed by atoms with Crippen molar-refractivity contribution >= 4 is 5.91 Å². The number of aryl methyl sites for hydroxylation is 1. The van der Waals surface area contributed by atoms with Gasteiger partial charge in [0.2, 0.25) is 5.89 Å². The molecule has 2 aromatic rings.